The Kier molecular flexibility index (Phi) is 16.4. The molecule has 0 spiro atoms. The molecule has 1 amide bonds. The zero-order valence-corrected chi connectivity index (χ0v) is 38.1. The molecule has 0 bridgehead atoms. The van der Waals surface area contributed by atoms with Gasteiger partial charge in [-0.25, -0.2) is 4.98 Å². The van der Waals surface area contributed by atoms with Crippen molar-refractivity contribution in [3.63, 3.8) is 0 Å². The highest BCUT2D eigenvalue weighted by Gasteiger charge is 2.54. The van der Waals surface area contributed by atoms with E-state index in [4.69, 9.17) is 10.5 Å². The topological polar surface area (TPSA) is 168 Å². The Morgan fingerprint density at radius 2 is 1.60 bits per heavy atom. The maximum absolute atomic E-state index is 12.1. The van der Waals surface area contributed by atoms with E-state index in [0.29, 0.717) is 43.7 Å². The Labute approximate surface area is 382 Å². The van der Waals surface area contributed by atoms with Gasteiger partial charge in [-0.2, -0.15) is 13.2 Å². The van der Waals surface area contributed by atoms with Gasteiger partial charge >= 0.3 is 6.18 Å². The van der Waals surface area contributed by atoms with E-state index >= 15 is 0 Å². The smallest absolute Gasteiger partial charge is 0.433 e. The number of ether oxygens (including phenoxy) is 1. The largest absolute Gasteiger partial charge is 0.508 e. The maximum Gasteiger partial charge on any atom is 0.433 e. The lowest BCUT2D eigenvalue weighted by Gasteiger charge is -2.50. The highest BCUT2D eigenvalue weighted by atomic mass is 19.4. The second-order valence-electron chi connectivity index (χ2n) is 19.5. The molecule has 65 heavy (non-hydrogen) atoms. The number of amides is 1. The van der Waals surface area contributed by atoms with E-state index in [0.717, 1.165) is 95.0 Å². The Bertz CT molecular complexity index is 1990. The SMILES string of the molecule is CC12CCC3c4ccc(O)cc4CCC3C1CCC2O.CCCNC(=O)c1ccc(N2CCC(CN3CCN(CC4OCCC(O)C4O)CC3)CC2)cc1.Nc1cccc(C(F)(F)F)n1. The summed E-state index contributed by atoms with van der Waals surface area (Å²) in [5.74, 6) is 3.09. The number of aliphatic hydroxyl groups excluding tert-OH is 3. The summed E-state index contributed by atoms with van der Waals surface area (Å²) in [7, 11) is 0. The van der Waals surface area contributed by atoms with Crippen LogP contribution in [-0.4, -0.2) is 131 Å². The van der Waals surface area contributed by atoms with Crippen LogP contribution in [0.25, 0.3) is 0 Å². The number of nitrogens with two attached hydrogens (primary N) is 1. The molecule has 12 nitrogen and oxygen atoms in total. The predicted octanol–water partition coefficient (Wildman–Crippen LogP) is 6.46. The quantitative estimate of drug-likeness (QED) is 0.147. The van der Waals surface area contributed by atoms with Gasteiger partial charge in [0.1, 0.15) is 23.4 Å². The first-order chi connectivity index (χ1) is 31.1. The number of aryl methyl sites for hydroxylation is 1. The molecule has 3 aromatic rings. The molecule has 9 rings (SSSR count). The number of aliphatic hydroxyl groups is 3. The number of carbonyl (C=O) groups is 1. The fourth-order valence-corrected chi connectivity index (χ4v) is 11.5. The molecule has 0 radical (unpaired) electrons. The number of pyridine rings is 1. The minimum atomic E-state index is -4.41. The van der Waals surface area contributed by atoms with Crippen LogP contribution < -0.4 is 16.0 Å². The van der Waals surface area contributed by atoms with Crippen molar-refractivity contribution in [1.29, 1.82) is 0 Å². The van der Waals surface area contributed by atoms with Gasteiger partial charge in [0, 0.05) is 76.8 Å². The molecule has 3 aliphatic carbocycles. The van der Waals surface area contributed by atoms with Gasteiger partial charge in [0.2, 0.25) is 0 Å². The first-order valence-corrected chi connectivity index (χ1v) is 24.0. The van der Waals surface area contributed by atoms with Crippen molar-refractivity contribution in [2.75, 3.05) is 76.1 Å². The van der Waals surface area contributed by atoms with Crippen molar-refractivity contribution in [2.45, 2.75) is 115 Å². The number of nitrogens with zero attached hydrogens (tertiary/aromatic N) is 4. The molecule has 7 N–H and O–H groups in total. The number of nitrogen functional groups attached to an aromatic ring is 1. The molecule has 15 heteroatoms. The second-order valence-corrected chi connectivity index (χ2v) is 19.5. The molecule has 2 aromatic carbocycles. The summed E-state index contributed by atoms with van der Waals surface area (Å²) in [5.41, 5.74) is 9.01. The number of piperidine rings is 1. The minimum absolute atomic E-state index is 0.00671. The number of carbonyl (C=O) groups excluding carboxylic acids is 1. The lowest BCUT2D eigenvalue weighted by molar-refractivity contribution is -0.143. The van der Waals surface area contributed by atoms with E-state index in [1.54, 1.807) is 0 Å². The van der Waals surface area contributed by atoms with E-state index in [9.17, 15) is 38.4 Å². The van der Waals surface area contributed by atoms with Gasteiger partial charge in [0.15, 0.2) is 0 Å². The zero-order valence-electron chi connectivity index (χ0n) is 38.1. The van der Waals surface area contributed by atoms with Crippen LogP contribution in [0.3, 0.4) is 0 Å². The van der Waals surface area contributed by atoms with Crippen LogP contribution in [0.1, 0.15) is 105 Å². The molecule has 8 unspecified atom stereocenters. The van der Waals surface area contributed by atoms with Crippen LogP contribution in [0.4, 0.5) is 24.7 Å². The van der Waals surface area contributed by atoms with Gasteiger partial charge in [-0.1, -0.05) is 26.0 Å². The van der Waals surface area contributed by atoms with Crippen molar-refractivity contribution >= 4 is 17.4 Å². The third-order valence-corrected chi connectivity index (χ3v) is 15.3. The molecule has 1 aromatic heterocycles. The summed E-state index contributed by atoms with van der Waals surface area (Å²) in [6.07, 6.45) is 4.51. The van der Waals surface area contributed by atoms with E-state index < -0.39 is 24.1 Å². The van der Waals surface area contributed by atoms with Gasteiger partial charge < -0.3 is 46.0 Å². The standard InChI is InChI=1S/C26H42N4O4.C18H24O2.C6H5F3N2/c1-2-10-27-26(33)21-3-5-22(6-4-21)30-11-7-20(8-12-30)18-28-13-15-29(16-14-28)19-24-25(32)23(31)9-17-34-24;1-18-9-8-14-13-5-3-12(19)10-11(13)2-4-15(14)16(18)6-7-17(18)20;7-6(8,9)4-2-1-3-5(10)11-4/h3-6,20,23-25,31-32H,2,7-19H2,1H3,(H,27,33);3,5,10,14-17,19-20H,2,4,6-9H2,1H3;1-3H,(H2,10,11). The van der Waals surface area contributed by atoms with Crippen LogP contribution in [0, 0.1) is 23.2 Å². The monoisotopic (exact) mass is 909 g/mol. The molecule has 6 aliphatic rings. The van der Waals surface area contributed by atoms with Crippen molar-refractivity contribution < 1.29 is 43.1 Å². The van der Waals surface area contributed by atoms with Gasteiger partial charge in [0.25, 0.3) is 5.91 Å². The highest BCUT2D eigenvalue weighted by Crippen LogP contribution is 2.61. The molecule has 3 saturated heterocycles. The summed E-state index contributed by atoms with van der Waals surface area (Å²) in [4.78, 5) is 22.6. The van der Waals surface area contributed by atoms with Gasteiger partial charge in [-0.05, 0) is 153 Å². The molecular weight excluding hydrogens is 838 g/mol. The summed E-state index contributed by atoms with van der Waals surface area (Å²) in [6.45, 7) is 13.7. The third-order valence-electron chi connectivity index (χ3n) is 15.3. The predicted molar refractivity (Wildman–Crippen MR) is 246 cm³/mol. The van der Waals surface area contributed by atoms with Gasteiger partial charge in [0.05, 0.1) is 18.3 Å². The number of fused-ring (bicyclic) bond motifs is 5. The normalized spacial score (nSPS) is 29.5. The summed E-state index contributed by atoms with van der Waals surface area (Å²) in [6, 6.07) is 17.4. The van der Waals surface area contributed by atoms with Crippen LogP contribution in [0.15, 0.2) is 60.7 Å². The number of halogens is 3. The number of hydrogen-bond acceptors (Lipinski definition) is 11. The number of rotatable bonds is 8. The average molecular weight is 909 g/mol. The zero-order chi connectivity index (χ0) is 46.3. The lowest BCUT2D eigenvalue weighted by atomic mass is 9.55. The summed E-state index contributed by atoms with van der Waals surface area (Å²) < 4.78 is 41.3. The molecule has 8 atom stereocenters. The molecule has 2 saturated carbocycles. The number of aromatic hydroxyl groups is 1. The van der Waals surface area contributed by atoms with Crippen LogP contribution >= 0.6 is 0 Å². The summed E-state index contributed by atoms with van der Waals surface area (Å²) >= 11 is 0. The van der Waals surface area contributed by atoms with E-state index in [2.05, 4.69) is 57.0 Å². The lowest BCUT2D eigenvalue weighted by Crippen LogP contribution is -2.54. The van der Waals surface area contributed by atoms with Crippen LogP contribution in [0.2, 0.25) is 0 Å². The van der Waals surface area contributed by atoms with Gasteiger partial charge in [-0.3, -0.25) is 9.69 Å². The average Bonchev–Trinajstić information content (AvgIpc) is 3.61. The molecule has 3 aliphatic heterocycles. The molecular formula is C50H71F3N6O6. The number of hydrogen-bond donors (Lipinski definition) is 6. The van der Waals surface area contributed by atoms with Gasteiger partial charge in [-0.15, -0.1) is 0 Å². The van der Waals surface area contributed by atoms with Crippen molar-refractivity contribution in [3.05, 3.63) is 83.0 Å². The third kappa shape index (κ3) is 12.1. The Hall–Kier alpha value is -3.99. The second kappa shape index (κ2) is 21.8. The summed E-state index contributed by atoms with van der Waals surface area (Å²) in [5, 5.41) is 43.0. The number of nitrogens with one attached hydrogen (secondary N) is 1. The van der Waals surface area contributed by atoms with E-state index in [1.165, 1.54) is 61.1 Å². The fraction of sp³-hybridized carbons (Fsp3) is 0.640. The molecule has 4 heterocycles. The first kappa shape index (κ1) is 48.9. The number of aromatic nitrogens is 1. The maximum atomic E-state index is 12.1. The van der Waals surface area contributed by atoms with Crippen LogP contribution in [0.5, 0.6) is 5.75 Å². The first-order valence-electron chi connectivity index (χ1n) is 24.0. The Morgan fingerprint density at radius 1 is 0.892 bits per heavy atom. The number of phenols is 1. The number of anilines is 2. The van der Waals surface area contributed by atoms with Crippen molar-refractivity contribution in [1.82, 2.24) is 20.1 Å². The number of benzene rings is 2. The number of alkyl halides is 3. The van der Waals surface area contributed by atoms with Crippen LogP contribution in [-0.2, 0) is 17.3 Å². The van der Waals surface area contributed by atoms with Crippen molar-refractivity contribution in [3.8, 4) is 5.75 Å². The van der Waals surface area contributed by atoms with E-state index in [-0.39, 0.29) is 29.3 Å². The Morgan fingerprint density at radius 3 is 2.26 bits per heavy atom. The fourth-order valence-electron chi connectivity index (χ4n) is 11.5. The van der Waals surface area contributed by atoms with E-state index in [1.807, 2.05) is 24.3 Å². The van der Waals surface area contributed by atoms with Crippen molar-refractivity contribution in [2.24, 2.45) is 23.2 Å². The number of phenolic OH excluding ortho intramolecular Hbond substituents is 1. The minimum Gasteiger partial charge on any atom is -0.508 e. The molecule has 5 fully saturated rings. The molecule has 358 valence electrons. The highest BCUT2D eigenvalue weighted by molar-refractivity contribution is 5.94. The Balaban J connectivity index is 0.000000169. The number of piperazine rings is 1.